The molecule has 2 fully saturated rings. The molecule has 32 heavy (non-hydrogen) atoms. The molecule has 1 N–H and O–H groups in total. The highest BCUT2D eigenvalue weighted by molar-refractivity contribution is 6.00. The van der Waals surface area contributed by atoms with Crippen molar-refractivity contribution in [1.82, 2.24) is 19.8 Å². The third-order valence-corrected chi connectivity index (χ3v) is 7.03. The Morgan fingerprint density at radius 2 is 2.09 bits per heavy atom. The summed E-state index contributed by atoms with van der Waals surface area (Å²) in [6, 6.07) is 13.6. The van der Waals surface area contributed by atoms with Crippen LogP contribution in [0.5, 0.6) is 5.75 Å². The van der Waals surface area contributed by atoms with Crippen LogP contribution in [0.1, 0.15) is 47.8 Å². The average Bonchev–Trinajstić information content (AvgIpc) is 3.28. The zero-order valence-electron chi connectivity index (χ0n) is 18.5. The van der Waals surface area contributed by atoms with E-state index in [9.17, 15) is 9.59 Å². The second-order valence-electron chi connectivity index (χ2n) is 8.89. The average molecular weight is 433 g/mol. The topological polar surface area (TPSA) is 76.5 Å². The SMILES string of the molecule is COc1cccc2c1cc(C(=O)N1C[C@@H](c3ccccn3)[C@@]3(CCCCC(=O)N3)C1)n2C. The summed E-state index contributed by atoms with van der Waals surface area (Å²) in [4.78, 5) is 32.8. The van der Waals surface area contributed by atoms with E-state index in [1.54, 1.807) is 13.3 Å². The van der Waals surface area contributed by atoms with Gasteiger partial charge in [0.1, 0.15) is 11.4 Å². The quantitative estimate of drug-likeness (QED) is 0.689. The van der Waals surface area contributed by atoms with Gasteiger partial charge < -0.3 is 19.5 Å². The summed E-state index contributed by atoms with van der Waals surface area (Å²) in [6.07, 6.45) is 4.98. The molecule has 0 radical (unpaired) electrons. The van der Waals surface area contributed by atoms with Gasteiger partial charge in [-0.3, -0.25) is 14.6 Å². The van der Waals surface area contributed by atoms with E-state index in [2.05, 4.69) is 10.3 Å². The molecule has 5 rings (SSSR count). The molecule has 2 aliphatic rings. The predicted molar refractivity (Wildman–Crippen MR) is 122 cm³/mol. The highest BCUT2D eigenvalue weighted by Gasteiger charge is 2.50. The minimum absolute atomic E-state index is 0.0398. The van der Waals surface area contributed by atoms with Crippen LogP contribution in [0.2, 0.25) is 0 Å². The van der Waals surface area contributed by atoms with E-state index in [4.69, 9.17) is 4.74 Å². The summed E-state index contributed by atoms with van der Waals surface area (Å²) < 4.78 is 7.42. The van der Waals surface area contributed by atoms with Crippen LogP contribution in [0.4, 0.5) is 0 Å². The van der Waals surface area contributed by atoms with E-state index in [0.717, 1.165) is 41.6 Å². The monoisotopic (exact) mass is 432 g/mol. The van der Waals surface area contributed by atoms with Crippen molar-refractivity contribution in [1.29, 1.82) is 0 Å². The smallest absolute Gasteiger partial charge is 0.270 e. The van der Waals surface area contributed by atoms with Crippen molar-refractivity contribution < 1.29 is 14.3 Å². The number of carbonyl (C=O) groups is 2. The van der Waals surface area contributed by atoms with Crippen LogP contribution in [0.15, 0.2) is 48.7 Å². The molecule has 166 valence electrons. The molecule has 7 nitrogen and oxygen atoms in total. The van der Waals surface area contributed by atoms with Crippen molar-refractivity contribution in [2.24, 2.45) is 7.05 Å². The largest absolute Gasteiger partial charge is 0.496 e. The molecule has 1 spiro atoms. The van der Waals surface area contributed by atoms with Crippen molar-refractivity contribution in [3.8, 4) is 5.75 Å². The molecule has 7 heteroatoms. The molecule has 2 amide bonds. The lowest BCUT2D eigenvalue weighted by atomic mass is 9.81. The molecule has 2 atom stereocenters. The highest BCUT2D eigenvalue weighted by Crippen LogP contribution is 2.41. The number of hydrogen-bond acceptors (Lipinski definition) is 4. The Morgan fingerprint density at radius 1 is 1.22 bits per heavy atom. The maximum atomic E-state index is 13.7. The fourth-order valence-electron chi connectivity index (χ4n) is 5.41. The fourth-order valence-corrected chi connectivity index (χ4v) is 5.41. The normalized spacial score (nSPS) is 23.4. The summed E-state index contributed by atoms with van der Waals surface area (Å²) >= 11 is 0. The lowest BCUT2D eigenvalue weighted by molar-refractivity contribution is -0.122. The van der Waals surface area contributed by atoms with Crippen molar-refractivity contribution >= 4 is 22.7 Å². The van der Waals surface area contributed by atoms with Gasteiger partial charge in [0, 0.05) is 49.8 Å². The number of methoxy groups -OCH3 is 1. The zero-order chi connectivity index (χ0) is 22.3. The van der Waals surface area contributed by atoms with Gasteiger partial charge in [0.25, 0.3) is 5.91 Å². The first-order chi connectivity index (χ1) is 15.5. The molecular weight excluding hydrogens is 404 g/mol. The number of rotatable bonds is 3. The third kappa shape index (κ3) is 3.32. The van der Waals surface area contributed by atoms with Gasteiger partial charge in [0.05, 0.1) is 18.2 Å². The Labute approximate surface area is 187 Å². The Hall–Kier alpha value is -3.35. The van der Waals surface area contributed by atoms with Crippen LogP contribution in [-0.2, 0) is 11.8 Å². The number of amides is 2. The molecule has 1 aromatic carbocycles. The Morgan fingerprint density at radius 3 is 2.88 bits per heavy atom. The van der Waals surface area contributed by atoms with E-state index in [1.165, 1.54) is 0 Å². The summed E-state index contributed by atoms with van der Waals surface area (Å²) in [5.74, 6) is 0.727. The molecule has 0 aliphatic carbocycles. The van der Waals surface area contributed by atoms with E-state index in [-0.39, 0.29) is 17.7 Å². The third-order valence-electron chi connectivity index (χ3n) is 7.03. The van der Waals surface area contributed by atoms with Crippen molar-refractivity contribution in [2.45, 2.75) is 37.1 Å². The molecule has 2 aliphatic heterocycles. The number of aromatic nitrogens is 2. The second kappa shape index (κ2) is 7.97. The van der Waals surface area contributed by atoms with E-state index in [1.807, 2.05) is 59.0 Å². The van der Waals surface area contributed by atoms with Crippen LogP contribution < -0.4 is 10.1 Å². The first kappa shape index (κ1) is 20.5. The Bertz CT molecular complexity index is 1170. The molecule has 0 saturated carbocycles. The van der Waals surface area contributed by atoms with E-state index >= 15 is 0 Å². The van der Waals surface area contributed by atoms with Crippen LogP contribution in [-0.4, -0.2) is 52.0 Å². The lowest BCUT2D eigenvalue weighted by Crippen LogP contribution is -2.53. The number of nitrogens with one attached hydrogen (secondary N) is 1. The molecular formula is C25H28N4O3. The summed E-state index contributed by atoms with van der Waals surface area (Å²) in [7, 11) is 3.55. The van der Waals surface area contributed by atoms with Gasteiger partial charge in [0.2, 0.25) is 5.91 Å². The first-order valence-electron chi connectivity index (χ1n) is 11.2. The summed E-state index contributed by atoms with van der Waals surface area (Å²) in [6.45, 7) is 1.01. The lowest BCUT2D eigenvalue weighted by Gasteiger charge is -2.34. The molecule has 3 aromatic rings. The van der Waals surface area contributed by atoms with Crippen LogP contribution >= 0.6 is 0 Å². The number of fused-ring (bicyclic) bond motifs is 1. The van der Waals surface area contributed by atoms with Gasteiger partial charge >= 0.3 is 0 Å². The van der Waals surface area contributed by atoms with Crippen LogP contribution in [0.3, 0.4) is 0 Å². The van der Waals surface area contributed by atoms with Gasteiger partial charge in [-0.15, -0.1) is 0 Å². The zero-order valence-corrected chi connectivity index (χ0v) is 18.5. The van der Waals surface area contributed by atoms with Crippen LogP contribution in [0, 0.1) is 0 Å². The van der Waals surface area contributed by atoms with Crippen molar-refractivity contribution in [3.63, 3.8) is 0 Å². The fraction of sp³-hybridized carbons (Fsp3) is 0.400. The van der Waals surface area contributed by atoms with Crippen LogP contribution in [0.25, 0.3) is 10.9 Å². The Kier molecular flexibility index (Phi) is 5.12. The maximum absolute atomic E-state index is 13.7. The van der Waals surface area contributed by atoms with Gasteiger partial charge in [-0.05, 0) is 43.2 Å². The standard InChI is InChI=1S/C25H28N4O3/c1-28-20-9-7-10-22(32-2)17(20)14-21(28)24(31)29-15-18(19-8-4-6-13-26-19)25(16-29)12-5-3-11-23(30)27-25/h4,6-10,13-14,18H,3,5,11-12,15-16H2,1-2H3,(H,27,30)/t18-,25+/m0/s1. The van der Waals surface area contributed by atoms with Gasteiger partial charge in [-0.1, -0.05) is 18.6 Å². The number of aryl methyl sites for hydroxylation is 1. The molecule has 2 saturated heterocycles. The Balaban J connectivity index is 1.53. The number of nitrogens with zero attached hydrogens (tertiary/aromatic N) is 3. The van der Waals surface area contributed by atoms with Crippen molar-refractivity contribution in [3.05, 3.63) is 60.0 Å². The van der Waals surface area contributed by atoms with Gasteiger partial charge in [0.15, 0.2) is 0 Å². The second-order valence-corrected chi connectivity index (χ2v) is 8.89. The first-order valence-corrected chi connectivity index (χ1v) is 11.2. The number of benzene rings is 1. The molecule has 4 heterocycles. The predicted octanol–water partition coefficient (Wildman–Crippen LogP) is 3.25. The summed E-state index contributed by atoms with van der Waals surface area (Å²) in [5, 5.41) is 4.21. The minimum Gasteiger partial charge on any atom is -0.496 e. The number of ether oxygens (including phenoxy) is 1. The number of hydrogen-bond donors (Lipinski definition) is 1. The number of carbonyl (C=O) groups excluding carboxylic acids is 2. The van der Waals surface area contributed by atoms with Gasteiger partial charge in [-0.2, -0.15) is 0 Å². The molecule has 2 aromatic heterocycles. The minimum atomic E-state index is -0.486. The number of pyridine rings is 1. The van der Waals surface area contributed by atoms with E-state index < -0.39 is 5.54 Å². The summed E-state index contributed by atoms with van der Waals surface area (Å²) in [5.41, 5.74) is 2.00. The highest BCUT2D eigenvalue weighted by atomic mass is 16.5. The van der Waals surface area contributed by atoms with Crippen molar-refractivity contribution in [2.75, 3.05) is 20.2 Å². The number of likely N-dealkylation sites (tertiary alicyclic amines) is 1. The molecule has 0 bridgehead atoms. The van der Waals surface area contributed by atoms with E-state index in [0.29, 0.717) is 25.2 Å². The van der Waals surface area contributed by atoms with Gasteiger partial charge in [-0.25, -0.2) is 0 Å². The maximum Gasteiger partial charge on any atom is 0.270 e. The molecule has 0 unspecified atom stereocenters.